The van der Waals surface area contributed by atoms with E-state index >= 15 is 0 Å². The number of carbonyl (C=O) groups is 2. The first-order chi connectivity index (χ1) is 21.5. The number of carbonyl (C=O) groups excluding carboxylic acids is 2. The fraction of sp³-hybridized carbons (Fsp3) is 0.257. The average Bonchev–Trinajstić information content (AvgIpc) is 3.02. The monoisotopic (exact) mass is 709 g/mol. The van der Waals surface area contributed by atoms with Crippen LogP contribution in [-0.4, -0.2) is 43.8 Å². The van der Waals surface area contributed by atoms with E-state index in [2.05, 4.69) is 21.2 Å². The van der Waals surface area contributed by atoms with Crippen molar-refractivity contribution in [2.45, 2.75) is 57.1 Å². The zero-order chi connectivity index (χ0) is 32.6. The van der Waals surface area contributed by atoms with Gasteiger partial charge in [0.1, 0.15) is 12.6 Å². The molecule has 7 nitrogen and oxygen atoms in total. The Morgan fingerprint density at radius 1 is 0.889 bits per heavy atom. The largest absolute Gasteiger partial charge is 0.352 e. The van der Waals surface area contributed by atoms with Crippen molar-refractivity contribution in [1.82, 2.24) is 10.2 Å². The number of hydrogen-bond acceptors (Lipinski definition) is 4. The molecular formula is C35H37BrClN3O4S. The van der Waals surface area contributed by atoms with E-state index in [-0.39, 0.29) is 29.8 Å². The number of nitrogens with one attached hydrogen (secondary N) is 1. The van der Waals surface area contributed by atoms with Gasteiger partial charge >= 0.3 is 0 Å². The molecule has 0 spiro atoms. The van der Waals surface area contributed by atoms with Crippen molar-refractivity contribution in [1.29, 1.82) is 0 Å². The van der Waals surface area contributed by atoms with Crippen molar-refractivity contribution in [2.24, 2.45) is 0 Å². The van der Waals surface area contributed by atoms with E-state index in [1.807, 2.05) is 57.2 Å². The third-order valence-electron chi connectivity index (χ3n) is 7.52. The summed E-state index contributed by atoms with van der Waals surface area (Å²) < 4.78 is 30.1. The van der Waals surface area contributed by atoms with Crippen LogP contribution in [-0.2, 0) is 32.6 Å². The lowest BCUT2D eigenvalue weighted by atomic mass is 10.0. The SMILES string of the molecule is CCC(C)NC(=O)C(Cc1ccccc1)N(Cc1cccc(Cl)c1)C(=O)CN(c1ccc(Br)cc1)S(=O)(=O)c1ccc(C)cc1. The van der Waals surface area contributed by atoms with Gasteiger partial charge in [-0.15, -0.1) is 0 Å². The Morgan fingerprint density at radius 3 is 2.16 bits per heavy atom. The second-order valence-electron chi connectivity index (χ2n) is 11.0. The molecule has 0 saturated heterocycles. The molecule has 0 aromatic heterocycles. The number of benzene rings is 4. The molecule has 2 unspecified atom stereocenters. The fourth-order valence-electron chi connectivity index (χ4n) is 4.80. The van der Waals surface area contributed by atoms with Crippen LogP contribution in [0.2, 0.25) is 5.02 Å². The van der Waals surface area contributed by atoms with E-state index in [1.54, 1.807) is 54.6 Å². The van der Waals surface area contributed by atoms with Gasteiger partial charge in [-0.25, -0.2) is 8.42 Å². The maximum atomic E-state index is 14.5. The lowest BCUT2D eigenvalue weighted by Crippen LogP contribution is -2.54. The van der Waals surface area contributed by atoms with Gasteiger partial charge in [-0.3, -0.25) is 13.9 Å². The molecule has 0 saturated carbocycles. The van der Waals surface area contributed by atoms with E-state index in [4.69, 9.17) is 11.6 Å². The minimum Gasteiger partial charge on any atom is -0.352 e. The number of anilines is 1. The van der Waals surface area contributed by atoms with Crippen LogP contribution in [0.25, 0.3) is 0 Å². The molecule has 0 aliphatic carbocycles. The first-order valence-corrected chi connectivity index (χ1v) is 17.3. The van der Waals surface area contributed by atoms with Crippen molar-refractivity contribution in [2.75, 3.05) is 10.8 Å². The molecule has 0 aliphatic rings. The number of amides is 2. The number of nitrogens with zero attached hydrogens (tertiary/aromatic N) is 2. The number of rotatable bonds is 13. The predicted octanol–water partition coefficient (Wildman–Crippen LogP) is 7.16. The fourth-order valence-corrected chi connectivity index (χ4v) is 6.69. The van der Waals surface area contributed by atoms with Gasteiger partial charge in [0.15, 0.2) is 0 Å². The zero-order valence-electron chi connectivity index (χ0n) is 25.5. The lowest BCUT2D eigenvalue weighted by Gasteiger charge is -2.34. The van der Waals surface area contributed by atoms with Crippen molar-refractivity contribution < 1.29 is 18.0 Å². The second kappa shape index (κ2) is 15.6. The molecule has 1 N–H and O–H groups in total. The summed E-state index contributed by atoms with van der Waals surface area (Å²) in [6.45, 7) is 5.27. The quantitative estimate of drug-likeness (QED) is 0.160. The van der Waals surface area contributed by atoms with Crippen LogP contribution in [0.15, 0.2) is 112 Å². The summed E-state index contributed by atoms with van der Waals surface area (Å²) >= 11 is 9.72. The highest BCUT2D eigenvalue weighted by molar-refractivity contribution is 9.10. The van der Waals surface area contributed by atoms with Gasteiger partial charge in [-0.05, 0) is 79.9 Å². The van der Waals surface area contributed by atoms with Gasteiger partial charge < -0.3 is 10.2 Å². The van der Waals surface area contributed by atoms with Crippen LogP contribution in [0.1, 0.15) is 37.0 Å². The van der Waals surface area contributed by atoms with Crippen LogP contribution < -0.4 is 9.62 Å². The summed E-state index contributed by atoms with van der Waals surface area (Å²) in [6.07, 6.45) is 0.941. The second-order valence-corrected chi connectivity index (χ2v) is 14.2. The van der Waals surface area contributed by atoms with Crippen LogP contribution in [0.4, 0.5) is 5.69 Å². The molecular weight excluding hydrogens is 674 g/mol. The van der Waals surface area contributed by atoms with E-state index in [0.717, 1.165) is 19.9 Å². The summed E-state index contributed by atoms with van der Waals surface area (Å²) in [5, 5.41) is 3.53. The number of halogens is 2. The Labute approximate surface area is 279 Å². The molecule has 0 fully saturated rings. The highest BCUT2D eigenvalue weighted by atomic mass is 79.9. The third-order valence-corrected chi connectivity index (χ3v) is 10.1. The normalized spacial score (nSPS) is 12.6. The summed E-state index contributed by atoms with van der Waals surface area (Å²) in [5.41, 5.74) is 2.80. The predicted molar refractivity (Wildman–Crippen MR) is 184 cm³/mol. The van der Waals surface area contributed by atoms with Gasteiger partial charge in [-0.1, -0.05) is 94.6 Å². The van der Waals surface area contributed by atoms with E-state index in [0.29, 0.717) is 22.7 Å². The van der Waals surface area contributed by atoms with Gasteiger partial charge in [0.25, 0.3) is 10.0 Å². The van der Waals surface area contributed by atoms with Crippen LogP contribution in [0, 0.1) is 6.92 Å². The average molecular weight is 711 g/mol. The highest BCUT2D eigenvalue weighted by Crippen LogP contribution is 2.27. The highest BCUT2D eigenvalue weighted by Gasteiger charge is 2.35. The Kier molecular flexibility index (Phi) is 11.8. The summed E-state index contributed by atoms with van der Waals surface area (Å²) in [7, 11) is -4.17. The molecule has 236 valence electrons. The maximum Gasteiger partial charge on any atom is 0.264 e. The molecule has 0 bridgehead atoms. The third kappa shape index (κ3) is 9.19. The minimum atomic E-state index is -4.17. The molecule has 0 radical (unpaired) electrons. The first kappa shape index (κ1) is 34.2. The molecule has 45 heavy (non-hydrogen) atoms. The van der Waals surface area contributed by atoms with Crippen LogP contribution in [0.3, 0.4) is 0 Å². The lowest BCUT2D eigenvalue weighted by molar-refractivity contribution is -0.140. The Morgan fingerprint density at radius 2 is 1.53 bits per heavy atom. The van der Waals surface area contributed by atoms with Gasteiger partial charge in [0.2, 0.25) is 11.8 Å². The standard InChI is InChI=1S/C35H37BrClN3O4S/c1-4-26(3)38-35(42)33(22-27-9-6-5-7-10-27)39(23-28-11-8-12-30(37)21-28)34(41)24-40(31-17-15-29(36)16-18-31)45(43,44)32-19-13-25(2)14-20-32/h5-21,26,33H,4,22-24H2,1-3H3,(H,38,42). The van der Waals surface area contributed by atoms with E-state index < -0.39 is 28.5 Å². The molecule has 0 heterocycles. The smallest absolute Gasteiger partial charge is 0.264 e. The Hall–Kier alpha value is -3.66. The zero-order valence-corrected chi connectivity index (χ0v) is 28.6. The summed E-state index contributed by atoms with van der Waals surface area (Å²) in [5.74, 6) is -0.853. The topological polar surface area (TPSA) is 86.8 Å². The molecule has 2 amide bonds. The maximum absolute atomic E-state index is 14.5. The number of hydrogen-bond donors (Lipinski definition) is 1. The molecule has 4 aromatic carbocycles. The molecule has 4 aromatic rings. The summed E-state index contributed by atoms with van der Waals surface area (Å²) in [4.78, 5) is 29.9. The number of sulfonamides is 1. The Balaban J connectivity index is 1.80. The van der Waals surface area contributed by atoms with E-state index in [9.17, 15) is 18.0 Å². The van der Waals surface area contributed by atoms with Crippen LogP contribution in [0.5, 0.6) is 0 Å². The van der Waals surface area contributed by atoms with Gasteiger partial charge in [0.05, 0.1) is 10.6 Å². The summed E-state index contributed by atoms with van der Waals surface area (Å²) in [6, 6.07) is 28.7. The van der Waals surface area contributed by atoms with Gasteiger partial charge in [0, 0.05) is 28.5 Å². The molecule has 4 rings (SSSR count). The minimum absolute atomic E-state index is 0.0452. The van der Waals surface area contributed by atoms with Crippen molar-refractivity contribution in [3.05, 3.63) is 129 Å². The van der Waals surface area contributed by atoms with Gasteiger partial charge in [-0.2, -0.15) is 0 Å². The molecule has 2 atom stereocenters. The van der Waals surface area contributed by atoms with Crippen molar-refractivity contribution >= 4 is 55.1 Å². The molecule has 10 heteroatoms. The first-order valence-electron chi connectivity index (χ1n) is 14.7. The van der Waals surface area contributed by atoms with Crippen molar-refractivity contribution in [3.63, 3.8) is 0 Å². The number of aryl methyl sites for hydroxylation is 1. The van der Waals surface area contributed by atoms with Crippen molar-refractivity contribution in [3.8, 4) is 0 Å². The molecule has 0 aliphatic heterocycles. The van der Waals surface area contributed by atoms with E-state index in [1.165, 1.54) is 17.0 Å². The Bertz CT molecular complexity index is 1700. The van der Waals surface area contributed by atoms with Crippen LogP contribution >= 0.6 is 27.5 Å².